The topological polar surface area (TPSA) is 49.0 Å². The van der Waals surface area contributed by atoms with Crippen molar-refractivity contribution in [3.05, 3.63) is 59.9 Å². The van der Waals surface area contributed by atoms with Crippen molar-refractivity contribution in [1.82, 2.24) is 15.1 Å². The summed E-state index contributed by atoms with van der Waals surface area (Å²) in [7, 11) is 0. The first-order valence-corrected chi connectivity index (χ1v) is 7.81. The van der Waals surface area contributed by atoms with E-state index in [1.165, 1.54) is 6.42 Å². The van der Waals surface area contributed by atoms with Crippen molar-refractivity contribution in [3.63, 3.8) is 0 Å². The van der Waals surface area contributed by atoms with Crippen LogP contribution >= 0.6 is 0 Å². The average Bonchev–Trinajstić information content (AvgIpc) is 3.07. The van der Waals surface area contributed by atoms with Crippen LogP contribution in [0.5, 0.6) is 0 Å². The molecule has 0 spiro atoms. The van der Waals surface area contributed by atoms with Gasteiger partial charge in [-0.2, -0.15) is 5.10 Å². The third-order valence-electron chi connectivity index (χ3n) is 4.12. The van der Waals surface area contributed by atoms with Gasteiger partial charge in [-0.25, -0.2) is 0 Å². The van der Waals surface area contributed by atoms with E-state index >= 15 is 0 Å². The first kappa shape index (κ1) is 14.6. The molecule has 1 aliphatic rings. The molecule has 1 saturated heterocycles. The molecule has 0 bridgehead atoms. The molecule has 0 radical (unpaired) electrons. The fraction of sp³-hybridized carbons (Fsp3) is 0.333. The van der Waals surface area contributed by atoms with E-state index in [2.05, 4.69) is 10.2 Å². The second kappa shape index (κ2) is 7.07. The molecule has 1 aliphatic heterocycles. The molecule has 4 heteroatoms. The molecule has 1 atom stereocenters. The maximum absolute atomic E-state index is 12.3. The van der Waals surface area contributed by atoms with Gasteiger partial charge < -0.3 is 4.90 Å². The highest BCUT2D eigenvalue weighted by Crippen LogP contribution is 2.20. The molecule has 22 heavy (non-hydrogen) atoms. The van der Waals surface area contributed by atoms with Gasteiger partial charge in [-0.05, 0) is 42.9 Å². The lowest BCUT2D eigenvalue weighted by Crippen LogP contribution is -2.39. The molecule has 4 nitrogen and oxygen atoms in total. The molecule has 1 unspecified atom stereocenters. The molecule has 0 saturated carbocycles. The molecule has 1 aromatic carbocycles. The number of rotatable bonds is 4. The zero-order valence-corrected chi connectivity index (χ0v) is 12.6. The summed E-state index contributed by atoms with van der Waals surface area (Å²) >= 11 is 0. The summed E-state index contributed by atoms with van der Waals surface area (Å²) in [6.45, 7) is 1.69. The van der Waals surface area contributed by atoms with Gasteiger partial charge >= 0.3 is 0 Å². The monoisotopic (exact) mass is 295 g/mol. The molecule has 1 N–H and O–H groups in total. The van der Waals surface area contributed by atoms with E-state index in [1.54, 1.807) is 12.3 Å². The fourth-order valence-corrected chi connectivity index (χ4v) is 2.98. The number of amides is 1. The second-order valence-corrected chi connectivity index (χ2v) is 5.82. The number of aromatic nitrogens is 2. The lowest BCUT2D eigenvalue weighted by molar-refractivity contribution is -0.127. The van der Waals surface area contributed by atoms with Gasteiger partial charge in [-0.15, -0.1) is 0 Å². The van der Waals surface area contributed by atoms with E-state index in [0.717, 1.165) is 37.2 Å². The third kappa shape index (κ3) is 3.85. The van der Waals surface area contributed by atoms with Crippen LogP contribution in [-0.4, -0.2) is 34.1 Å². The van der Waals surface area contributed by atoms with Crippen LogP contribution in [0.4, 0.5) is 0 Å². The van der Waals surface area contributed by atoms with Crippen LogP contribution in [-0.2, 0) is 11.2 Å². The van der Waals surface area contributed by atoms with Crippen molar-refractivity contribution in [2.45, 2.75) is 19.3 Å². The van der Waals surface area contributed by atoms with Gasteiger partial charge in [-0.1, -0.05) is 30.3 Å². The maximum atomic E-state index is 12.3. The van der Waals surface area contributed by atoms with E-state index in [-0.39, 0.29) is 5.91 Å². The van der Waals surface area contributed by atoms with Gasteiger partial charge in [0.25, 0.3) is 0 Å². The van der Waals surface area contributed by atoms with Crippen molar-refractivity contribution in [2.75, 3.05) is 13.1 Å². The number of carbonyl (C=O) groups excluding carboxylic acids is 1. The number of aromatic amines is 1. The number of hydrogen-bond acceptors (Lipinski definition) is 2. The summed E-state index contributed by atoms with van der Waals surface area (Å²) < 4.78 is 0. The van der Waals surface area contributed by atoms with Crippen molar-refractivity contribution >= 4 is 12.0 Å². The van der Waals surface area contributed by atoms with E-state index < -0.39 is 0 Å². The summed E-state index contributed by atoms with van der Waals surface area (Å²) in [4.78, 5) is 14.3. The zero-order valence-electron chi connectivity index (χ0n) is 12.6. The number of nitrogens with one attached hydrogen (secondary N) is 1. The Bertz CT molecular complexity index is 619. The highest BCUT2D eigenvalue weighted by Gasteiger charge is 2.22. The van der Waals surface area contributed by atoms with Crippen molar-refractivity contribution in [1.29, 1.82) is 0 Å². The van der Waals surface area contributed by atoms with Gasteiger partial charge in [0, 0.05) is 31.1 Å². The molecule has 3 rings (SSSR count). The minimum atomic E-state index is 0.109. The van der Waals surface area contributed by atoms with Crippen molar-refractivity contribution in [3.8, 4) is 0 Å². The number of carbonyl (C=O) groups is 1. The van der Waals surface area contributed by atoms with Crippen LogP contribution in [0.3, 0.4) is 0 Å². The second-order valence-electron chi connectivity index (χ2n) is 5.82. The molecule has 1 aromatic heterocycles. The highest BCUT2D eigenvalue weighted by atomic mass is 16.2. The summed E-state index contributed by atoms with van der Waals surface area (Å²) in [6, 6.07) is 11.9. The van der Waals surface area contributed by atoms with Crippen LogP contribution in [0.2, 0.25) is 0 Å². The van der Waals surface area contributed by atoms with Gasteiger partial charge in [0.2, 0.25) is 5.91 Å². The zero-order chi connectivity index (χ0) is 15.2. The molecule has 1 amide bonds. The molecule has 0 aliphatic carbocycles. The first-order valence-electron chi connectivity index (χ1n) is 7.81. The Morgan fingerprint density at radius 3 is 2.95 bits per heavy atom. The van der Waals surface area contributed by atoms with Crippen LogP contribution in [0, 0.1) is 5.92 Å². The van der Waals surface area contributed by atoms with Gasteiger partial charge in [0.1, 0.15) is 0 Å². The number of likely N-dealkylation sites (tertiary alicyclic amines) is 1. The minimum Gasteiger partial charge on any atom is -0.339 e. The predicted molar refractivity (Wildman–Crippen MR) is 87.1 cm³/mol. The van der Waals surface area contributed by atoms with E-state index in [9.17, 15) is 4.79 Å². The summed E-state index contributed by atoms with van der Waals surface area (Å²) in [5, 5.41) is 7.00. The largest absolute Gasteiger partial charge is 0.339 e. The van der Waals surface area contributed by atoms with E-state index in [0.29, 0.717) is 5.92 Å². The molecular formula is C18H21N3O. The van der Waals surface area contributed by atoms with E-state index in [4.69, 9.17) is 0 Å². The Kier molecular flexibility index (Phi) is 4.68. The van der Waals surface area contributed by atoms with Crippen molar-refractivity contribution in [2.24, 2.45) is 5.92 Å². The fourth-order valence-electron chi connectivity index (χ4n) is 2.98. The molecule has 2 heterocycles. The Hall–Kier alpha value is -2.36. The standard InChI is InChI=1S/C18H21N3O/c22-18(9-8-15-5-2-1-3-6-15)21-12-4-7-16(14-21)13-17-10-11-19-20-17/h1-3,5-6,8-11,16H,4,7,12-14H2,(H,19,20)/b9-8+. The van der Waals surface area contributed by atoms with Crippen LogP contribution < -0.4 is 0 Å². The Morgan fingerprint density at radius 2 is 2.18 bits per heavy atom. The molecule has 114 valence electrons. The lowest BCUT2D eigenvalue weighted by atomic mass is 9.93. The summed E-state index contributed by atoms with van der Waals surface area (Å²) in [5.41, 5.74) is 2.21. The molecule has 2 aromatic rings. The lowest BCUT2D eigenvalue weighted by Gasteiger charge is -2.32. The third-order valence-corrected chi connectivity index (χ3v) is 4.12. The maximum Gasteiger partial charge on any atom is 0.246 e. The van der Waals surface area contributed by atoms with Crippen LogP contribution in [0.1, 0.15) is 24.1 Å². The quantitative estimate of drug-likeness (QED) is 0.882. The smallest absolute Gasteiger partial charge is 0.246 e. The number of nitrogens with zero attached hydrogens (tertiary/aromatic N) is 2. The van der Waals surface area contributed by atoms with Gasteiger partial charge in [0.15, 0.2) is 0 Å². The highest BCUT2D eigenvalue weighted by molar-refractivity contribution is 5.91. The van der Waals surface area contributed by atoms with Crippen LogP contribution in [0.15, 0.2) is 48.7 Å². The van der Waals surface area contributed by atoms with Crippen LogP contribution in [0.25, 0.3) is 6.08 Å². The van der Waals surface area contributed by atoms with Gasteiger partial charge in [0.05, 0.1) is 0 Å². The van der Waals surface area contributed by atoms with Gasteiger partial charge in [-0.3, -0.25) is 9.89 Å². The number of piperidine rings is 1. The minimum absolute atomic E-state index is 0.109. The van der Waals surface area contributed by atoms with E-state index in [1.807, 2.05) is 47.4 Å². The summed E-state index contributed by atoms with van der Waals surface area (Å²) in [5.74, 6) is 0.626. The number of benzene rings is 1. The molecular weight excluding hydrogens is 274 g/mol. The van der Waals surface area contributed by atoms with Crippen molar-refractivity contribution < 1.29 is 4.79 Å². The number of H-pyrrole nitrogens is 1. The summed E-state index contributed by atoms with van der Waals surface area (Å²) in [6.07, 6.45) is 8.57. The normalized spacial score (nSPS) is 18.7. The Labute approximate surface area is 130 Å². The first-order chi connectivity index (χ1) is 10.8. The predicted octanol–water partition coefficient (Wildman–Crippen LogP) is 2.90. The SMILES string of the molecule is O=C(/C=C/c1ccccc1)N1CCCC(Cc2ccn[nH]2)C1. The molecule has 1 fully saturated rings. The average molecular weight is 295 g/mol. The Morgan fingerprint density at radius 1 is 1.32 bits per heavy atom. The Balaban J connectivity index is 1.57. The number of hydrogen-bond donors (Lipinski definition) is 1.